The summed E-state index contributed by atoms with van der Waals surface area (Å²) < 4.78 is 18.7. The van der Waals surface area contributed by atoms with Gasteiger partial charge in [-0.2, -0.15) is 0 Å². The summed E-state index contributed by atoms with van der Waals surface area (Å²) in [6.45, 7) is 2.47. The molecular formula is C79H146O9. The Balaban J connectivity index is 0. The second kappa shape index (κ2) is 76.3. The second-order valence-electron chi connectivity index (χ2n) is 26.0. The normalized spacial score (nSPS) is 11.7. The smallest absolute Gasteiger partial charge is 0.305 e. The van der Waals surface area contributed by atoms with Crippen molar-refractivity contribution in [2.75, 3.05) is 28.4 Å². The van der Waals surface area contributed by atoms with E-state index in [0.29, 0.717) is 25.7 Å². The Labute approximate surface area is 545 Å². The lowest BCUT2D eigenvalue weighted by atomic mass is 9.96. The molecule has 0 saturated carbocycles. The first-order valence-electron chi connectivity index (χ1n) is 37.7. The minimum Gasteiger partial charge on any atom is -0.469 e. The summed E-state index contributed by atoms with van der Waals surface area (Å²) in [5, 5.41) is 10.3. The van der Waals surface area contributed by atoms with Gasteiger partial charge in [0.05, 0.1) is 34.5 Å². The van der Waals surface area contributed by atoms with E-state index in [4.69, 9.17) is 0 Å². The number of hydrogen-bond acceptors (Lipinski definition) is 9. The number of carbonyl (C=O) groups excluding carboxylic acids is 4. The third kappa shape index (κ3) is 77.0. The maximum atomic E-state index is 11.1. The summed E-state index contributed by atoms with van der Waals surface area (Å²) in [6, 6.07) is 0. The monoisotopic (exact) mass is 1240 g/mol. The van der Waals surface area contributed by atoms with E-state index in [0.717, 1.165) is 70.1 Å². The van der Waals surface area contributed by atoms with Crippen LogP contribution in [0.4, 0.5) is 0 Å². The molecule has 0 aliphatic heterocycles. The van der Waals surface area contributed by atoms with Gasteiger partial charge in [-0.05, 0) is 147 Å². The van der Waals surface area contributed by atoms with Crippen LogP contribution in [0, 0.1) is 5.92 Å². The van der Waals surface area contributed by atoms with E-state index in [1.165, 1.54) is 324 Å². The molecule has 0 saturated heterocycles. The largest absolute Gasteiger partial charge is 0.469 e. The van der Waals surface area contributed by atoms with E-state index in [1.54, 1.807) is 0 Å². The zero-order valence-electron chi connectivity index (χ0n) is 58.9. The van der Waals surface area contributed by atoms with Gasteiger partial charge in [-0.15, -0.1) is 0 Å². The van der Waals surface area contributed by atoms with Crippen LogP contribution in [0.1, 0.15) is 392 Å². The van der Waals surface area contributed by atoms with Crippen molar-refractivity contribution in [1.82, 2.24) is 0 Å². The lowest BCUT2D eigenvalue weighted by Gasteiger charge is -2.11. The first-order chi connectivity index (χ1) is 43.2. The molecule has 0 amide bonds. The van der Waals surface area contributed by atoms with Gasteiger partial charge in [0, 0.05) is 25.7 Å². The topological polar surface area (TPSA) is 125 Å². The standard InChI is InChI=1S/C40H74O4.C39H72O5/c1-38(34-30-26-22-18-14-10-6-4-8-12-16-20-24-28-32-36-39(41)43-2)35-31-27-23-19-15-11-7-5-9-13-17-21-25-29-33-37-40(42)44-3;1-43-38(41)35-31-27-23-19-15-11-7-3-5-9-13-17-21-25-29-33-37(40)34-30-26-22-18-14-10-6-4-8-12-16-20-24-28-32-36-39(42)44-2/h4-5,8-9,38H,6-7,10-37H2,1-3H3;3-4,7-8,37,40H,5-6,9-36H2,1-2H3/b8-4-,9-5-;7-3-,8-4-. The van der Waals surface area contributed by atoms with Crippen LogP contribution in [0.5, 0.6) is 0 Å². The average Bonchev–Trinajstić information content (AvgIpc) is 3.53. The molecule has 0 aliphatic carbocycles. The van der Waals surface area contributed by atoms with Gasteiger partial charge in [-0.3, -0.25) is 19.2 Å². The second-order valence-corrected chi connectivity index (χ2v) is 26.0. The molecule has 0 radical (unpaired) electrons. The van der Waals surface area contributed by atoms with E-state index in [9.17, 15) is 24.3 Å². The van der Waals surface area contributed by atoms with Crippen molar-refractivity contribution in [2.45, 2.75) is 398 Å². The molecule has 0 fully saturated rings. The van der Waals surface area contributed by atoms with Crippen LogP contribution < -0.4 is 0 Å². The number of ether oxygens (including phenoxy) is 4. The Kier molecular flexibility index (Phi) is 75.3. The van der Waals surface area contributed by atoms with Gasteiger partial charge in [-0.1, -0.05) is 274 Å². The number of aliphatic hydroxyl groups is 1. The fourth-order valence-corrected chi connectivity index (χ4v) is 11.5. The molecule has 516 valence electrons. The predicted octanol–water partition coefficient (Wildman–Crippen LogP) is 24.3. The molecule has 0 bridgehead atoms. The van der Waals surface area contributed by atoms with Gasteiger partial charge < -0.3 is 24.1 Å². The lowest BCUT2D eigenvalue weighted by molar-refractivity contribution is -0.141. The number of unbranched alkanes of at least 4 members (excludes halogenated alkanes) is 44. The molecule has 9 nitrogen and oxygen atoms in total. The number of carbonyl (C=O) groups is 4. The van der Waals surface area contributed by atoms with Gasteiger partial charge >= 0.3 is 23.9 Å². The van der Waals surface area contributed by atoms with Crippen molar-refractivity contribution in [1.29, 1.82) is 0 Å². The van der Waals surface area contributed by atoms with E-state index in [1.807, 2.05) is 0 Å². The van der Waals surface area contributed by atoms with Gasteiger partial charge in [-0.25, -0.2) is 0 Å². The van der Waals surface area contributed by atoms with Crippen LogP contribution in [-0.4, -0.2) is 63.5 Å². The molecule has 0 rings (SSSR count). The number of esters is 4. The first kappa shape index (κ1) is 86.9. The molecule has 0 aromatic heterocycles. The third-order valence-electron chi connectivity index (χ3n) is 17.5. The Hall–Kier alpha value is -3.20. The highest BCUT2D eigenvalue weighted by Gasteiger charge is 2.07. The minimum atomic E-state index is -0.0926. The fraction of sp³-hybridized carbons (Fsp3) is 0.848. The molecule has 0 heterocycles. The summed E-state index contributed by atoms with van der Waals surface area (Å²) in [7, 11) is 5.85. The summed E-state index contributed by atoms with van der Waals surface area (Å²) in [5.41, 5.74) is 0. The quantitative estimate of drug-likeness (QED) is 0.0274. The number of hydrogen-bond donors (Lipinski definition) is 1. The van der Waals surface area contributed by atoms with Crippen LogP contribution >= 0.6 is 0 Å². The van der Waals surface area contributed by atoms with Crippen molar-refractivity contribution >= 4 is 23.9 Å². The minimum absolute atomic E-state index is 0.0771. The summed E-state index contributed by atoms with van der Waals surface area (Å²) in [5.74, 6) is 0.579. The third-order valence-corrected chi connectivity index (χ3v) is 17.5. The molecule has 0 unspecified atom stereocenters. The summed E-state index contributed by atoms with van der Waals surface area (Å²) >= 11 is 0. The van der Waals surface area contributed by atoms with Crippen LogP contribution in [0.15, 0.2) is 48.6 Å². The Morgan fingerprint density at radius 1 is 0.239 bits per heavy atom. The van der Waals surface area contributed by atoms with Gasteiger partial charge in [0.15, 0.2) is 0 Å². The predicted molar refractivity (Wildman–Crippen MR) is 377 cm³/mol. The maximum Gasteiger partial charge on any atom is 0.305 e. The van der Waals surface area contributed by atoms with Crippen LogP contribution in [0.2, 0.25) is 0 Å². The van der Waals surface area contributed by atoms with Crippen molar-refractivity contribution in [2.24, 2.45) is 5.92 Å². The van der Waals surface area contributed by atoms with Crippen LogP contribution in [-0.2, 0) is 38.1 Å². The van der Waals surface area contributed by atoms with E-state index < -0.39 is 0 Å². The highest BCUT2D eigenvalue weighted by Crippen LogP contribution is 2.21. The number of methoxy groups -OCH3 is 4. The van der Waals surface area contributed by atoms with E-state index in [2.05, 4.69) is 74.5 Å². The Morgan fingerprint density at radius 2 is 0.386 bits per heavy atom. The lowest BCUT2D eigenvalue weighted by Crippen LogP contribution is -2.05. The summed E-state index contributed by atoms with van der Waals surface area (Å²) in [4.78, 5) is 44.3. The van der Waals surface area contributed by atoms with Crippen molar-refractivity contribution in [3.8, 4) is 0 Å². The molecule has 0 spiro atoms. The molecule has 0 atom stereocenters. The molecule has 0 aliphatic rings. The van der Waals surface area contributed by atoms with Crippen molar-refractivity contribution < 1.29 is 43.2 Å². The number of allylic oxidation sites excluding steroid dienone is 8. The van der Waals surface area contributed by atoms with Gasteiger partial charge in [0.25, 0.3) is 0 Å². The van der Waals surface area contributed by atoms with Crippen LogP contribution in [0.25, 0.3) is 0 Å². The fourth-order valence-electron chi connectivity index (χ4n) is 11.5. The first-order valence-corrected chi connectivity index (χ1v) is 37.7. The molecule has 9 heteroatoms. The molecule has 88 heavy (non-hydrogen) atoms. The van der Waals surface area contributed by atoms with Crippen molar-refractivity contribution in [3.05, 3.63) is 48.6 Å². The Morgan fingerprint density at radius 3 is 0.568 bits per heavy atom. The van der Waals surface area contributed by atoms with Gasteiger partial charge in [0.2, 0.25) is 0 Å². The average molecular weight is 1240 g/mol. The molecule has 1 N–H and O–H groups in total. The highest BCUT2D eigenvalue weighted by atomic mass is 16.5. The molecular weight excluding hydrogens is 1090 g/mol. The molecule has 0 aromatic carbocycles. The summed E-state index contributed by atoms with van der Waals surface area (Å²) in [6.07, 6.45) is 91.2. The highest BCUT2D eigenvalue weighted by molar-refractivity contribution is 5.70. The number of rotatable bonds is 68. The Bertz CT molecular complexity index is 1340. The maximum absolute atomic E-state index is 11.1. The zero-order chi connectivity index (χ0) is 64.4. The SMILES string of the molecule is COC(=O)CCCCCCC/C=C\CCCCCCCCC(C)CCCCCCCC/C=C\CCCCCCCC(=O)OC.COC(=O)CCCCCCC/C=C\CCCCCCCCC(O)CCCCCCCC/C=C\CCCCCCCC(=O)OC. The van der Waals surface area contributed by atoms with Gasteiger partial charge in [0.1, 0.15) is 0 Å². The van der Waals surface area contributed by atoms with E-state index >= 15 is 0 Å². The van der Waals surface area contributed by atoms with Crippen LogP contribution in [0.3, 0.4) is 0 Å². The molecule has 0 aromatic rings. The zero-order valence-corrected chi connectivity index (χ0v) is 58.9. The number of aliphatic hydroxyl groups excluding tert-OH is 1. The van der Waals surface area contributed by atoms with E-state index in [-0.39, 0.29) is 30.0 Å². The van der Waals surface area contributed by atoms with Crippen molar-refractivity contribution in [3.63, 3.8) is 0 Å².